The highest BCUT2D eigenvalue weighted by atomic mass is 32.2. The number of carbonyl (C=O) groups excluding carboxylic acids is 1. The Labute approximate surface area is 175 Å². The van der Waals surface area contributed by atoms with Crippen molar-refractivity contribution in [1.29, 1.82) is 0 Å². The highest BCUT2D eigenvalue weighted by Crippen LogP contribution is 2.24. The van der Waals surface area contributed by atoms with Crippen LogP contribution in [-0.4, -0.2) is 73.7 Å². The van der Waals surface area contributed by atoms with E-state index in [0.717, 1.165) is 24.2 Å². The third-order valence-electron chi connectivity index (χ3n) is 6.31. The fourth-order valence-electron chi connectivity index (χ4n) is 4.82. The molecule has 1 amide bonds. The van der Waals surface area contributed by atoms with E-state index in [-0.39, 0.29) is 11.9 Å². The molecule has 29 heavy (non-hydrogen) atoms. The number of hydrogen-bond donors (Lipinski definition) is 0. The zero-order valence-corrected chi connectivity index (χ0v) is 19.2. The molecule has 0 N–H and O–H groups in total. The van der Waals surface area contributed by atoms with Crippen molar-refractivity contribution in [3.8, 4) is 0 Å². The number of piperazine rings is 1. The maximum Gasteiger partial charge on any atom is 0.243 e. The Morgan fingerprint density at radius 2 is 1.62 bits per heavy atom. The molecule has 0 aromatic heterocycles. The summed E-state index contributed by atoms with van der Waals surface area (Å²) in [6.45, 7) is 13.8. The number of carbonyl (C=O) groups is 1. The minimum absolute atomic E-state index is 0.175. The first-order chi connectivity index (χ1) is 13.6. The fourth-order valence-corrected chi connectivity index (χ4v) is 6.45. The summed E-state index contributed by atoms with van der Waals surface area (Å²) < 4.78 is 27.7. The Hall–Kier alpha value is -1.44. The van der Waals surface area contributed by atoms with E-state index in [1.54, 1.807) is 10.4 Å². The Morgan fingerprint density at radius 3 is 2.17 bits per heavy atom. The van der Waals surface area contributed by atoms with Crippen LogP contribution in [0.4, 0.5) is 0 Å². The zero-order valence-electron chi connectivity index (χ0n) is 18.4. The third kappa shape index (κ3) is 4.84. The molecule has 1 aromatic carbocycles. The number of hydrogen-bond acceptors (Lipinski definition) is 4. The molecule has 2 aliphatic rings. The van der Waals surface area contributed by atoms with Gasteiger partial charge in [0, 0.05) is 39.3 Å². The Bertz CT molecular complexity index is 837. The maximum atomic E-state index is 13.1. The molecule has 0 spiro atoms. The monoisotopic (exact) mass is 421 g/mol. The molecule has 2 fully saturated rings. The predicted octanol–water partition coefficient (Wildman–Crippen LogP) is 2.50. The normalized spacial score (nSPS) is 25.8. The summed E-state index contributed by atoms with van der Waals surface area (Å²) in [4.78, 5) is 17.5. The summed E-state index contributed by atoms with van der Waals surface area (Å²) in [5.41, 5.74) is 1.84. The second-order valence-corrected chi connectivity index (χ2v) is 11.0. The van der Waals surface area contributed by atoms with Crippen molar-refractivity contribution in [2.24, 2.45) is 11.8 Å². The maximum absolute atomic E-state index is 13.1. The molecule has 0 unspecified atom stereocenters. The summed E-state index contributed by atoms with van der Waals surface area (Å²) in [5, 5.41) is 0. The molecule has 2 saturated heterocycles. The van der Waals surface area contributed by atoms with E-state index in [2.05, 4.69) is 18.7 Å². The lowest BCUT2D eigenvalue weighted by Gasteiger charge is -2.41. The molecule has 2 aliphatic heterocycles. The van der Waals surface area contributed by atoms with Gasteiger partial charge in [-0.2, -0.15) is 4.31 Å². The van der Waals surface area contributed by atoms with Crippen LogP contribution in [0.3, 0.4) is 0 Å². The van der Waals surface area contributed by atoms with Gasteiger partial charge in [0.2, 0.25) is 15.9 Å². The highest BCUT2D eigenvalue weighted by molar-refractivity contribution is 7.89. The standard InChI is InChI=1S/C22H35N3O3S/c1-16-6-7-21(19(4)13-16)29(27,28)25-10-8-23(9-11-25)20(5)22(26)24-14-17(2)12-18(3)15-24/h6-7,13,17-18,20H,8-12,14-15H2,1-5H3/t17-,18-,20+/m0/s1. The van der Waals surface area contributed by atoms with Crippen LogP contribution in [0.25, 0.3) is 0 Å². The van der Waals surface area contributed by atoms with E-state index in [4.69, 9.17) is 0 Å². The third-order valence-corrected chi connectivity index (χ3v) is 8.37. The number of likely N-dealkylation sites (tertiary alicyclic amines) is 1. The minimum atomic E-state index is -3.50. The van der Waals surface area contributed by atoms with Crippen molar-refractivity contribution >= 4 is 15.9 Å². The quantitative estimate of drug-likeness (QED) is 0.749. The molecule has 1 aromatic rings. The van der Waals surface area contributed by atoms with Crippen LogP contribution in [0.1, 0.15) is 38.3 Å². The van der Waals surface area contributed by atoms with E-state index in [1.807, 2.05) is 37.8 Å². The van der Waals surface area contributed by atoms with Crippen molar-refractivity contribution in [3.05, 3.63) is 29.3 Å². The Morgan fingerprint density at radius 1 is 1.03 bits per heavy atom. The van der Waals surface area contributed by atoms with Crippen LogP contribution in [0, 0.1) is 25.7 Å². The van der Waals surface area contributed by atoms with Gasteiger partial charge in [-0.25, -0.2) is 8.42 Å². The van der Waals surface area contributed by atoms with Gasteiger partial charge in [0.05, 0.1) is 10.9 Å². The second-order valence-electron chi connectivity index (χ2n) is 9.07. The Kier molecular flexibility index (Phi) is 6.70. The molecule has 6 nitrogen and oxygen atoms in total. The second kappa shape index (κ2) is 8.74. The molecule has 0 radical (unpaired) electrons. The number of sulfonamides is 1. The van der Waals surface area contributed by atoms with E-state index < -0.39 is 10.0 Å². The van der Waals surface area contributed by atoms with Crippen LogP contribution < -0.4 is 0 Å². The minimum Gasteiger partial charge on any atom is -0.341 e. The molecule has 0 aliphatic carbocycles. The molecule has 2 heterocycles. The number of rotatable bonds is 4. The van der Waals surface area contributed by atoms with Gasteiger partial charge in [-0.05, 0) is 50.7 Å². The molecule has 162 valence electrons. The first-order valence-corrected chi connectivity index (χ1v) is 12.1. The average molecular weight is 422 g/mol. The van der Waals surface area contributed by atoms with Crippen molar-refractivity contribution < 1.29 is 13.2 Å². The molecule has 3 atom stereocenters. The lowest BCUT2D eigenvalue weighted by Crippen LogP contribution is -2.56. The van der Waals surface area contributed by atoms with Crippen molar-refractivity contribution in [1.82, 2.24) is 14.1 Å². The largest absolute Gasteiger partial charge is 0.341 e. The summed E-state index contributed by atoms with van der Waals surface area (Å²) in [6, 6.07) is 5.25. The van der Waals surface area contributed by atoms with Gasteiger partial charge in [-0.15, -0.1) is 0 Å². The van der Waals surface area contributed by atoms with Gasteiger partial charge in [0.15, 0.2) is 0 Å². The van der Waals surface area contributed by atoms with E-state index in [0.29, 0.717) is 42.9 Å². The summed E-state index contributed by atoms with van der Waals surface area (Å²) in [5.74, 6) is 1.25. The SMILES string of the molecule is Cc1ccc(S(=O)(=O)N2CCN([C@H](C)C(=O)N3C[C@@H](C)C[C@H](C)C3)CC2)c(C)c1. The van der Waals surface area contributed by atoms with Crippen molar-refractivity contribution in [3.63, 3.8) is 0 Å². The number of amides is 1. The number of nitrogens with zero attached hydrogens (tertiary/aromatic N) is 3. The predicted molar refractivity (Wildman–Crippen MR) is 115 cm³/mol. The van der Waals surface area contributed by atoms with Gasteiger partial charge < -0.3 is 4.90 Å². The topological polar surface area (TPSA) is 60.9 Å². The molecular formula is C22H35N3O3S. The van der Waals surface area contributed by atoms with Crippen LogP contribution in [0.15, 0.2) is 23.1 Å². The average Bonchev–Trinajstić information content (AvgIpc) is 2.66. The lowest BCUT2D eigenvalue weighted by atomic mass is 9.91. The molecule has 3 rings (SSSR count). The summed E-state index contributed by atoms with van der Waals surface area (Å²) >= 11 is 0. The van der Waals surface area contributed by atoms with Gasteiger partial charge >= 0.3 is 0 Å². The molecule has 0 saturated carbocycles. The fraction of sp³-hybridized carbons (Fsp3) is 0.682. The van der Waals surface area contributed by atoms with Crippen LogP contribution in [-0.2, 0) is 14.8 Å². The highest BCUT2D eigenvalue weighted by Gasteiger charge is 2.35. The van der Waals surface area contributed by atoms with Gasteiger partial charge in [-0.1, -0.05) is 31.5 Å². The van der Waals surface area contributed by atoms with Crippen LogP contribution in [0.2, 0.25) is 0 Å². The van der Waals surface area contributed by atoms with Gasteiger partial charge in [-0.3, -0.25) is 9.69 Å². The van der Waals surface area contributed by atoms with Crippen LogP contribution in [0.5, 0.6) is 0 Å². The Balaban J connectivity index is 1.63. The van der Waals surface area contributed by atoms with E-state index in [1.165, 1.54) is 6.42 Å². The van der Waals surface area contributed by atoms with Gasteiger partial charge in [0.25, 0.3) is 0 Å². The van der Waals surface area contributed by atoms with Crippen molar-refractivity contribution in [2.45, 2.75) is 52.0 Å². The first kappa shape index (κ1) is 22.2. The smallest absolute Gasteiger partial charge is 0.243 e. The zero-order chi connectivity index (χ0) is 21.3. The lowest BCUT2D eigenvalue weighted by molar-refractivity contribution is -0.139. The molecule has 0 bridgehead atoms. The number of piperidine rings is 1. The summed E-state index contributed by atoms with van der Waals surface area (Å²) in [6.07, 6.45) is 1.17. The van der Waals surface area contributed by atoms with E-state index >= 15 is 0 Å². The number of aryl methyl sites for hydroxylation is 2. The molecular weight excluding hydrogens is 386 g/mol. The van der Waals surface area contributed by atoms with Gasteiger partial charge in [0.1, 0.15) is 0 Å². The van der Waals surface area contributed by atoms with Crippen LogP contribution >= 0.6 is 0 Å². The molecule has 7 heteroatoms. The summed E-state index contributed by atoms with van der Waals surface area (Å²) in [7, 11) is -3.50. The van der Waals surface area contributed by atoms with E-state index in [9.17, 15) is 13.2 Å². The number of benzene rings is 1. The van der Waals surface area contributed by atoms with Crippen molar-refractivity contribution in [2.75, 3.05) is 39.3 Å². The first-order valence-electron chi connectivity index (χ1n) is 10.7.